The molecule has 3 rings (SSSR count). The Morgan fingerprint density at radius 2 is 2.06 bits per heavy atom. The molecule has 0 radical (unpaired) electrons. The SMILES string of the molecule is Cc1c(C)n(C)c2ccc(C3(N=C=O)CC3)cc12. The third-order valence-corrected chi connectivity index (χ3v) is 4.33. The molecule has 1 aromatic carbocycles. The number of carbonyl (C=O) groups excluding carboxylic acids is 1. The van der Waals surface area contributed by atoms with E-state index >= 15 is 0 Å². The number of isocyanates is 1. The van der Waals surface area contributed by atoms with Gasteiger partial charge in [-0.1, -0.05) is 6.07 Å². The highest BCUT2D eigenvalue weighted by atomic mass is 16.1. The number of aromatic nitrogens is 1. The second-order valence-electron chi connectivity index (χ2n) is 5.24. The van der Waals surface area contributed by atoms with Crippen LogP contribution in [0.15, 0.2) is 23.2 Å². The Kier molecular flexibility index (Phi) is 2.23. The van der Waals surface area contributed by atoms with Gasteiger partial charge in [0.15, 0.2) is 0 Å². The molecule has 0 atom stereocenters. The average molecular weight is 240 g/mol. The first kappa shape index (κ1) is 11.2. The smallest absolute Gasteiger partial charge is 0.235 e. The Hall–Kier alpha value is -1.86. The number of hydrogen-bond acceptors (Lipinski definition) is 2. The van der Waals surface area contributed by atoms with Crippen molar-refractivity contribution in [1.29, 1.82) is 0 Å². The Labute approximate surface area is 106 Å². The van der Waals surface area contributed by atoms with Crippen molar-refractivity contribution in [2.75, 3.05) is 0 Å². The van der Waals surface area contributed by atoms with Crippen LogP contribution in [0.5, 0.6) is 0 Å². The summed E-state index contributed by atoms with van der Waals surface area (Å²) in [5.41, 5.74) is 4.70. The molecule has 1 heterocycles. The number of aryl methyl sites for hydroxylation is 2. The molecular weight excluding hydrogens is 224 g/mol. The summed E-state index contributed by atoms with van der Waals surface area (Å²) in [7, 11) is 2.08. The van der Waals surface area contributed by atoms with Gasteiger partial charge in [0.25, 0.3) is 0 Å². The predicted molar refractivity (Wildman–Crippen MR) is 71.4 cm³/mol. The molecule has 92 valence electrons. The van der Waals surface area contributed by atoms with Gasteiger partial charge >= 0.3 is 0 Å². The van der Waals surface area contributed by atoms with Crippen LogP contribution in [0, 0.1) is 13.8 Å². The first-order valence-corrected chi connectivity index (χ1v) is 6.24. The van der Waals surface area contributed by atoms with Crippen LogP contribution in [0.2, 0.25) is 0 Å². The maximum absolute atomic E-state index is 10.5. The lowest BCUT2D eigenvalue weighted by atomic mass is 10.0. The molecule has 0 aliphatic heterocycles. The standard InChI is InChI=1S/C15H16N2O/c1-10-11(2)17(3)14-5-4-12(8-13(10)14)15(6-7-15)16-9-18/h4-5,8H,6-7H2,1-3H3. The van der Waals surface area contributed by atoms with Crippen molar-refractivity contribution in [3.8, 4) is 0 Å². The lowest BCUT2D eigenvalue weighted by Crippen LogP contribution is -2.01. The van der Waals surface area contributed by atoms with E-state index in [0.29, 0.717) is 0 Å². The minimum Gasteiger partial charge on any atom is -0.348 e. The fourth-order valence-electron chi connectivity index (χ4n) is 2.72. The molecule has 0 unspecified atom stereocenters. The summed E-state index contributed by atoms with van der Waals surface area (Å²) in [6.45, 7) is 4.27. The van der Waals surface area contributed by atoms with E-state index in [9.17, 15) is 4.79 Å². The van der Waals surface area contributed by atoms with Gasteiger partial charge in [-0.25, -0.2) is 4.79 Å². The van der Waals surface area contributed by atoms with Gasteiger partial charge in [-0.15, -0.1) is 0 Å². The van der Waals surface area contributed by atoms with Gasteiger partial charge in [-0.3, -0.25) is 0 Å². The molecule has 1 aliphatic carbocycles. The summed E-state index contributed by atoms with van der Waals surface area (Å²) in [5.74, 6) is 0. The van der Waals surface area contributed by atoms with E-state index in [2.05, 4.69) is 48.7 Å². The summed E-state index contributed by atoms with van der Waals surface area (Å²) >= 11 is 0. The molecule has 3 nitrogen and oxygen atoms in total. The van der Waals surface area contributed by atoms with E-state index in [1.54, 1.807) is 6.08 Å². The molecule has 0 saturated heterocycles. The van der Waals surface area contributed by atoms with Crippen LogP contribution in [0.3, 0.4) is 0 Å². The highest BCUT2D eigenvalue weighted by Gasteiger charge is 2.44. The van der Waals surface area contributed by atoms with Crippen LogP contribution in [-0.4, -0.2) is 10.6 Å². The second-order valence-corrected chi connectivity index (χ2v) is 5.24. The lowest BCUT2D eigenvalue weighted by molar-refractivity contribution is 0.556. The number of benzene rings is 1. The number of aliphatic imine (C=N–C) groups is 1. The zero-order valence-electron chi connectivity index (χ0n) is 10.9. The van der Waals surface area contributed by atoms with Crippen LogP contribution >= 0.6 is 0 Å². The van der Waals surface area contributed by atoms with Crippen LogP contribution in [0.4, 0.5) is 0 Å². The van der Waals surface area contributed by atoms with Crippen LogP contribution in [0.25, 0.3) is 10.9 Å². The molecule has 1 fully saturated rings. The molecule has 18 heavy (non-hydrogen) atoms. The largest absolute Gasteiger partial charge is 0.348 e. The topological polar surface area (TPSA) is 34.4 Å². The summed E-state index contributed by atoms with van der Waals surface area (Å²) in [4.78, 5) is 14.5. The van der Waals surface area contributed by atoms with Gasteiger partial charge in [0, 0.05) is 23.6 Å². The maximum atomic E-state index is 10.5. The number of nitrogens with zero attached hydrogens (tertiary/aromatic N) is 2. The molecule has 0 bridgehead atoms. The van der Waals surface area contributed by atoms with Gasteiger partial charge in [-0.2, -0.15) is 4.99 Å². The van der Waals surface area contributed by atoms with Crippen molar-refractivity contribution >= 4 is 17.0 Å². The van der Waals surface area contributed by atoms with Crippen molar-refractivity contribution in [2.24, 2.45) is 12.0 Å². The van der Waals surface area contributed by atoms with Crippen LogP contribution in [0.1, 0.15) is 29.7 Å². The van der Waals surface area contributed by atoms with E-state index in [1.165, 1.54) is 22.2 Å². The lowest BCUT2D eigenvalue weighted by Gasteiger charge is -2.08. The third kappa shape index (κ3) is 1.37. The van der Waals surface area contributed by atoms with Gasteiger partial charge in [-0.05, 0) is 49.9 Å². The molecular formula is C15H16N2O. The summed E-state index contributed by atoms with van der Waals surface area (Å²) in [6.07, 6.45) is 3.63. The Balaban J connectivity index is 2.23. The van der Waals surface area contributed by atoms with Crippen molar-refractivity contribution < 1.29 is 4.79 Å². The maximum Gasteiger partial charge on any atom is 0.235 e. The van der Waals surface area contributed by atoms with Crippen molar-refractivity contribution in [2.45, 2.75) is 32.2 Å². The van der Waals surface area contributed by atoms with Crippen LogP contribution < -0.4 is 0 Å². The van der Waals surface area contributed by atoms with Crippen LogP contribution in [-0.2, 0) is 17.4 Å². The molecule has 1 aliphatic rings. The van der Waals surface area contributed by atoms with Crippen molar-refractivity contribution in [3.05, 3.63) is 35.0 Å². The molecule has 1 saturated carbocycles. The highest BCUT2D eigenvalue weighted by Crippen LogP contribution is 2.49. The predicted octanol–water partition coefficient (Wildman–Crippen LogP) is 3.12. The Morgan fingerprint density at radius 3 is 2.67 bits per heavy atom. The molecule has 1 aromatic heterocycles. The minimum absolute atomic E-state index is 0.272. The third-order valence-electron chi connectivity index (χ3n) is 4.33. The molecule has 2 aromatic rings. The van der Waals surface area contributed by atoms with Gasteiger partial charge in [0.1, 0.15) is 0 Å². The minimum atomic E-state index is -0.272. The Morgan fingerprint density at radius 1 is 1.33 bits per heavy atom. The Bertz CT molecular complexity index is 686. The van der Waals surface area contributed by atoms with E-state index in [4.69, 9.17) is 0 Å². The molecule has 0 N–H and O–H groups in total. The molecule has 3 heteroatoms. The van der Waals surface area contributed by atoms with Gasteiger partial charge < -0.3 is 4.57 Å². The summed E-state index contributed by atoms with van der Waals surface area (Å²) in [6, 6.07) is 6.41. The monoisotopic (exact) mass is 240 g/mol. The number of fused-ring (bicyclic) bond motifs is 1. The number of hydrogen-bond donors (Lipinski definition) is 0. The quantitative estimate of drug-likeness (QED) is 0.586. The zero-order valence-corrected chi connectivity index (χ0v) is 10.9. The van der Waals surface area contributed by atoms with Crippen molar-refractivity contribution in [3.63, 3.8) is 0 Å². The first-order valence-electron chi connectivity index (χ1n) is 6.24. The number of rotatable bonds is 2. The summed E-state index contributed by atoms with van der Waals surface area (Å²) in [5, 5.41) is 1.26. The zero-order chi connectivity index (χ0) is 12.9. The first-order chi connectivity index (χ1) is 8.59. The molecule has 0 spiro atoms. The highest BCUT2D eigenvalue weighted by molar-refractivity contribution is 5.86. The van der Waals surface area contributed by atoms with Gasteiger partial charge in [0.05, 0.1) is 5.54 Å². The van der Waals surface area contributed by atoms with Crippen molar-refractivity contribution in [1.82, 2.24) is 4.57 Å². The van der Waals surface area contributed by atoms with E-state index in [0.717, 1.165) is 18.4 Å². The van der Waals surface area contributed by atoms with E-state index in [-0.39, 0.29) is 5.54 Å². The van der Waals surface area contributed by atoms with Gasteiger partial charge in [0.2, 0.25) is 6.08 Å². The average Bonchev–Trinajstić information content (AvgIpc) is 3.13. The van der Waals surface area contributed by atoms with E-state index < -0.39 is 0 Å². The second kappa shape index (κ2) is 3.56. The fourth-order valence-corrected chi connectivity index (χ4v) is 2.72. The van der Waals surface area contributed by atoms with E-state index in [1.807, 2.05) is 0 Å². The fraction of sp³-hybridized carbons (Fsp3) is 0.400. The normalized spacial score (nSPS) is 16.6. The summed E-state index contributed by atoms with van der Waals surface area (Å²) < 4.78 is 2.21. The molecule has 0 amide bonds.